The molecule has 0 aromatic carbocycles. The molecule has 0 aromatic rings. The summed E-state index contributed by atoms with van der Waals surface area (Å²) in [5.41, 5.74) is 0.0458. The number of hydrogen-bond donors (Lipinski definition) is 3. The third kappa shape index (κ3) is 3.25. The van der Waals surface area contributed by atoms with Crippen LogP contribution in [0.5, 0.6) is 0 Å². The van der Waals surface area contributed by atoms with Gasteiger partial charge in [0.2, 0.25) is 11.8 Å². The van der Waals surface area contributed by atoms with Crippen LogP contribution < -0.4 is 5.32 Å². The highest BCUT2D eigenvalue weighted by atomic mass is 32.2. The number of β-lactam (4-membered cyclic amide) rings is 1. The molecule has 8 nitrogen and oxygen atoms in total. The fourth-order valence-electron chi connectivity index (χ4n) is 4.31. The van der Waals surface area contributed by atoms with Gasteiger partial charge in [0.05, 0.1) is 24.1 Å². The number of carboxylic acids is 1. The monoisotopic (exact) mass is 397 g/mol. The highest BCUT2D eigenvalue weighted by Gasteiger charge is 2.60. The number of aliphatic hydroxyl groups excluding tert-OH is 1. The maximum absolute atomic E-state index is 12.5. The van der Waals surface area contributed by atoms with Crippen LogP contribution in [0.3, 0.4) is 0 Å². The van der Waals surface area contributed by atoms with Crippen LogP contribution in [0.25, 0.3) is 0 Å². The number of nitrogens with zero attached hydrogens (tertiary/aromatic N) is 2. The number of aliphatic carboxylic acids is 1. The zero-order valence-corrected chi connectivity index (χ0v) is 16.8. The molecule has 0 bridgehead atoms. The number of amides is 2. The van der Waals surface area contributed by atoms with Gasteiger partial charge in [0.25, 0.3) is 0 Å². The largest absolute Gasteiger partial charge is 0.477 e. The Hall–Kier alpha value is -1.58. The van der Waals surface area contributed by atoms with Gasteiger partial charge < -0.3 is 25.3 Å². The van der Waals surface area contributed by atoms with Gasteiger partial charge in [0, 0.05) is 36.7 Å². The molecular weight excluding hydrogens is 370 g/mol. The first kappa shape index (κ1) is 20.2. The molecule has 0 unspecified atom stereocenters. The number of carbonyl (C=O) groups is 3. The van der Waals surface area contributed by atoms with E-state index in [0.717, 1.165) is 0 Å². The summed E-state index contributed by atoms with van der Waals surface area (Å²) in [6, 6.07) is -0.564. The van der Waals surface area contributed by atoms with Crippen LogP contribution in [-0.2, 0) is 14.4 Å². The van der Waals surface area contributed by atoms with Gasteiger partial charge in [-0.2, -0.15) is 0 Å². The lowest BCUT2D eigenvalue weighted by atomic mass is 9.78. The fraction of sp³-hybridized carbons (Fsp3) is 0.722. The minimum Gasteiger partial charge on any atom is -0.477 e. The fourth-order valence-corrected chi connectivity index (χ4v) is 5.78. The second-order valence-electron chi connectivity index (χ2n) is 7.68. The van der Waals surface area contributed by atoms with Gasteiger partial charge in [-0.15, -0.1) is 11.8 Å². The highest BCUT2D eigenvalue weighted by molar-refractivity contribution is 8.03. The van der Waals surface area contributed by atoms with E-state index in [0.29, 0.717) is 24.3 Å². The lowest BCUT2D eigenvalue weighted by molar-refractivity contribution is -0.164. The Balaban J connectivity index is 1.78. The average Bonchev–Trinajstić information content (AvgIpc) is 3.17. The molecule has 3 N–H and O–H groups in total. The van der Waals surface area contributed by atoms with Crippen LogP contribution in [0.15, 0.2) is 10.6 Å². The molecule has 3 aliphatic heterocycles. The molecule has 0 aromatic heterocycles. The van der Waals surface area contributed by atoms with Crippen molar-refractivity contribution in [1.82, 2.24) is 15.1 Å². The summed E-state index contributed by atoms with van der Waals surface area (Å²) in [4.78, 5) is 40.1. The molecule has 0 spiro atoms. The first-order chi connectivity index (χ1) is 12.7. The van der Waals surface area contributed by atoms with Crippen molar-refractivity contribution in [2.24, 2.45) is 11.8 Å². The van der Waals surface area contributed by atoms with E-state index in [1.807, 2.05) is 13.8 Å². The third-order valence-electron chi connectivity index (χ3n) is 5.75. The van der Waals surface area contributed by atoms with Crippen molar-refractivity contribution < 1.29 is 24.6 Å². The topological polar surface area (TPSA) is 110 Å². The lowest BCUT2D eigenvalue weighted by Crippen LogP contribution is -2.64. The van der Waals surface area contributed by atoms with Crippen molar-refractivity contribution in [2.75, 3.05) is 20.6 Å². The molecule has 3 heterocycles. The molecule has 2 saturated heterocycles. The SMILES string of the molecule is CC[C@@H](O)[C@H]1C(=O)N2C(C(=O)O)=C(S[C@@H]3CN[C@H](C(=O)N(C)C)C3)[C@H](C)[C@H]12. The van der Waals surface area contributed by atoms with Gasteiger partial charge in [-0.1, -0.05) is 13.8 Å². The van der Waals surface area contributed by atoms with Gasteiger partial charge >= 0.3 is 5.97 Å². The van der Waals surface area contributed by atoms with E-state index >= 15 is 0 Å². The summed E-state index contributed by atoms with van der Waals surface area (Å²) in [5.74, 6) is -2.10. The number of carboxylic acid groups (broad SMARTS) is 1. The smallest absolute Gasteiger partial charge is 0.353 e. The summed E-state index contributed by atoms with van der Waals surface area (Å²) in [5, 5.41) is 23.2. The van der Waals surface area contributed by atoms with Gasteiger partial charge in [0.1, 0.15) is 5.70 Å². The molecule has 2 fully saturated rings. The van der Waals surface area contributed by atoms with Gasteiger partial charge in [0.15, 0.2) is 0 Å². The predicted octanol–water partition coefficient (Wildman–Crippen LogP) is 0.0821. The number of likely N-dealkylation sites (N-methyl/N-ethyl adjacent to an activating group) is 1. The van der Waals surface area contributed by atoms with Crippen LogP contribution in [0.1, 0.15) is 26.7 Å². The van der Waals surface area contributed by atoms with Crippen LogP contribution in [0, 0.1) is 11.8 Å². The number of carbonyl (C=O) groups excluding carboxylic acids is 2. The van der Waals surface area contributed by atoms with E-state index < -0.39 is 18.0 Å². The average molecular weight is 397 g/mol. The minimum absolute atomic E-state index is 0.00939. The van der Waals surface area contributed by atoms with Crippen molar-refractivity contribution in [1.29, 1.82) is 0 Å². The summed E-state index contributed by atoms with van der Waals surface area (Å²) in [6.07, 6.45) is 0.319. The van der Waals surface area contributed by atoms with Crippen molar-refractivity contribution in [2.45, 2.75) is 50.1 Å². The number of hydrogen-bond acceptors (Lipinski definition) is 6. The molecule has 150 valence electrons. The molecule has 0 radical (unpaired) electrons. The third-order valence-corrected chi connectivity index (χ3v) is 7.26. The standard InChI is InChI=1S/C18H27N3O5S/c1-5-11(22)12-13-8(2)15(14(18(25)26)21(13)17(12)24)27-9-6-10(19-7-9)16(23)20(3)4/h8-13,19,22H,5-7H2,1-4H3,(H,25,26)/t8-,9+,10+,11-,12-,13-/m1/s1. The highest BCUT2D eigenvalue weighted by Crippen LogP contribution is 2.52. The minimum atomic E-state index is -1.11. The Bertz CT molecular complexity index is 694. The van der Waals surface area contributed by atoms with Crippen LogP contribution in [-0.4, -0.2) is 81.9 Å². The Labute approximate surface area is 163 Å². The molecule has 3 rings (SSSR count). The number of fused-ring (bicyclic) bond motifs is 1. The Morgan fingerprint density at radius 3 is 2.63 bits per heavy atom. The second kappa shape index (κ2) is 7.44. The van der Waals surface area contributed by atoms with Crippen molar-refractivity contribution in [3.05, 3.63) is 10.6 Å². The molecule has 3 aliphatic rings. The summed E-state index contributed by atoms with van der Waals surface area (Å²) in [6.45, 7) is 4.34. The number of thioether (sulfide) groups is 1. The summed E-state index contributed by atoms with van der Waals surface area (Å²) < 4.78 is 0. The van der Waals surface area contributed by atoms with E-state index in [9.17, 15) is 24.6 Å². The molecular formula is C18H27N3O5S. The molecule has 0 aliphatic carbocycles. The quantitative estimate of drug-likeness (QED) is 0.545. The van der Waals surface area contributed by atoms with Gasteiger partial charge in [-0.05, 0) is 12.8 Å². The van der Waals surface area contributed by atoms with Gasteiger partial charge in [-0.25, -0.2) is 4.79 Å². The molecule has 0 saturated carbocycles. The molecule has 27 heavy (non-hydrogen) atoms. The zero-order chi connectivity index (χ0) is 20.0. The maximum Gasteiger partial charge on any atom is 0.353 e. The zero-order valence-electron chi connectivity index (χ0n) is 16.0. The molecule has 2 amide bonds. The van der Waals surface area contributed by atoms with E-state index in [-0.39, 0.29) is 40.8 Å². The first-order valence-corrected chi connectivity index (χ1v) is 10.2. The number of nitrogens with one attached hydrogen (secondary N) is 1. The van der Waals surface area contributed by atoms with E-state index in [1.165, 1.54) is 16.7 Å². The Morgan fingerprint density at radius 1 is 1.41 bits per heavy atom. The molecule has 9 heteroatoms. The van der Waals surface area contributed by atoms with Crippen molar-refractivity contribution >= 4 is 29.5 Å². The lowest BCUT2D eigenvalue weighted by Gasteiger charge is -2.46. The molecule has 6 atom stereocenters. The van der Waals surface area contributed by atoms with Crippen molar-refractivity contribution in [3.63, 3.8) is 0 Å². The number of aliphatic hydroxyl groups is 1. The van der Waals surface area contributed by atoms with Crippen LogP contribution in [0.2, 0.25) is 0 Å². The van der Waals surface area contributed by atoms with Gasteiger partial charge in [-0.3, -0.25) is 9.59 Å². The Kier molecular flexibility index (Phi) is 5.56. The first-order valence-electron chi connectivity index (χ1n) is 9.28. The number of rotatable bonds is 6. The summed E-state index contributed by atoms with van der Waals surface area (Å²) in [7, 11) is 3.43. The van der Waals surface area contributed by atoms with Crippen LogP contribution >= 0.6 is 11.8 Å². The van der Waals surface area contributed by atoms with Crippen molar-refractivity contribution in [3.8, 4) is 0 Å². The Morgan fingerprint density at radius 2 is 2.07 bits per heavy atom. The van der Waals surface area contributed by atoms with Crippen LogP contribution in [0.4, 0.5) is 0 Å². The van der Waals surface area contributed by atoms with E-state index in [4.69, 9.17) is 0 Å². The summed E-state index contributed by atoms with van der Waals surface area (Å²) >= 11 is 1.45. The second-order valence-corrected chi connectivity index (χ2v) is 9.02. The van der Waals surface area contributed by atoms with E-state index in [2.05, 4.69) is 5.32 Å². The maximum atomic E-state index is 12.5. The van der Waals surface area contributed by atoms with E-state index in [1.54, 1.807) is 19.0 Å². The predicted molar refractivity (Wildman–Crippen MR) is 101 cm³/mol. The normalized spacial score (nSPS) is 33.7.